The summed E-state index contributed by atoms with van der Waals surface area (Å²) in [5, 5.41) is 2.29. The summed E-state index contributed by atoms with van der Waals surface area (Å²) < 4.78 is 19.9. The second-order valence-electron chi connectivity index (χ2n) is 10.2. The van der Waals surface area contributed by atoms with Gasteiger partial charge in [0.2, 0.25) is 0 Å². The lowest BCUT2D eigenvalue weighted by Crippen LogP contribution is -2.40. The number of ether oxygens (including phenoxy) is 3. The maximum absolute atomic E-state index is 14.0. The Morgan fingerprint density at radius 1 is 1.00 bits per heavy atom. The normalized spacial score (nSPS) is 14.7. The van der Waals surface area contributed by atoms with Crippen LogP contribution in [0.3, 0.4) is 0 Å². The molecular formula is C35H29BrN2O5S. The van der Waals surface area contributed by atoms with Crippen LogP contribution in [0.1, 0.15) is 36.1 Å². The van der Waals surface area contributed by atoms with Crippen molar-refractivity contribution in [1.82, 2.24) is 4.57 Å². The van der Waals surface area contributed by atoms with Crippen molar-refractivity contribution in [1.29, 1.82) is 0 Å². The number of benzene rings is 4. The number of fused-ring (bicyclic) bond motifs is 2. The molecule has 0 fully saturated rings. The number of methoxy groups -OCH3 is 2. The van der Waals surface area contributed by atoms with Crippen molar-refractivity contribution >= 4 is 50.1 Å². The van der Waals surface area contributed by atoms with Gasteiger partial charge in [0, 0.05) is 4.47 Å². The minimum absolute atomic E-state index is 0.249. The second-order valence-corrected chi connectivity index (χ2v) is 12.0. The Morgan fingerprint density at radius 2 is 1.75 bits per heavy atom. The van der Waals surface area contributed by atoms with Gasteiger partial charge in [-0.2, -0.15) is 0 Å². The van der Waals surface area contributed by atoms with Crippen LogP contribution in [0.15, 0.2) is 110 Å². The lowest BCUT2D eigenvalue weighted by atomic mass is 9.95. The third-order valence-corrected chi connectivity index (χ3v) is 9.27. The van der Waals surface area contributed by atoms with Gasteiger partial charge in [-0.05, 0) is 52.1 Å². The van der Waals surface area contributed by atoms with Crippen molar-refractivity contribution in [2.75, 3.05) is 14.2 Å². The molecule has 44 heavy (non-hydrogen) atoms. The molecular weight excluding hydrogens is 640 g/mol. The maximum atomic E-state index is 14.0. The standard InChI is InChI=1S/C35H29BrN2O5S/c1-4-27-31(34(40)42-3)32(22-12-6-5-7-13-22)38-33(39)30(44-35(38)37-27)18-24-17-28(41-2)29(19-26(24)36)43-20-23-15-10-14-21-11-8-9-16-25(21)23/h5-19,32H,4,20H2,1-3H3/b30-18-/t32-/m0/s1. The van der Waals surface area contributed by atoms with E-state index < -0.39 is 12.0 Å². The largest absolute Gasteiger partial charge is 0.493 e. The average molecular weight is 670 g/mol. The van der Waals surface area contributed by atoms with Crippen LogP contribution < -0.4 is 24.4 Å². The molecule has 0 radical (unpaired) electrons. The molecule has 2 heterocycles. The highest BCUT2D eigenvalue weighted by Gasteiger charge is 2.33. The van der Waals surface area contributed by atoms with E-state index in [1.807, 2.05) is 67.6 Å². The smallest absolute Gasteiger partial charge is 0.338 e. The van der Waals surface area contributed by atoms with Crippen LogP contribution in [0, 0.1) is 0 Å². The van der Waals surface area contributed by atoms with Crippen molar-refractivity contribution in [2.24, 2.45) is 4.99 Å². The molecule has 0 saturated heterocycles. The van der Waals surface area contributed by atoms with Gasteiger partial charge in [-0.25, -0.2) is 9.79 Å². The minimum Gasteiger partial charge on any atom is -0.493 e. The first kappa shape index (κ1) is 29.6. The van der Waals surface area contributed by atoms with Crippen LogP contribution in [0.2, 0.25) is 0 Å². The number of rotatable bonds is 8. The predicted molar refractivity (Wildman–Crippen MR) is 176 cm³/mol. The molecule has 1 aliphatic rings. The van der Waals surface area contributed by atoms with E-state index in [-0.39, 0.29) is 5.56 Å². The molecule has 1 aromatic heterocycles. The van der Waals surface area contributed by atoms with Gasteiger partial charge in [0.05, 0.1) is 36.1 Å². The number of carbonyl (C=O) groups is 1. The molecule has 5 aromatic rings. The van der Waals surface area contributed by atoms with E-state index in [0.717, 1.165) is 31.9 Å². The summed E-state index contributed by atoms with van der Waals surface area (Å²) in [6.45, 7) is 2.30. The van der Waals surface area contributed by atoms with Gasteiger partial charge in [-0.1, -0.05) is 107 Å². The van der Waals surface area contributed by atoms with E-state index >= 15 is 0 Å². The summed E-state index contributed by atoms with van der Waals surface area (Å²) >= 11 is 4.95. The number of hydrogen-bond donors (Lipinski definition) is 0. The first-order valence-electron chi connectivity index (χ1n) is 14.1. The highest BCUT2D eigenvalue weighted by atomic mass is 79.9. The molecule has 0 bridgehead atoms. The van der Waals surface area contributed by atoms with Crippen molar-refractivity contribution in [3.8, 4) is 11.5 Å². The Kier molecular flexibility index (Phi) is 8.50. The number of aromatic nitrogens is 1. The molecule has 9 heteroatoms. The number of halogens is 1. The SMILES string of the molecule is CCC1=C(C(=O)OC)[C@H](c2ccccc2)n2c(s/c(=C\c3cc(OC)c(OCc4cccc5ccccc45)cc3Br)c2=O)=N1. The first-order valence-corrected chi connectivity index (χ1v) is 15.7. The first-order chi connectivity index (χ1) is 21.4. The lowest BCUT2D eigenvalue weighted by molar-refractivity contribution is -0.136. The summed E-state index contributed by atoms with van der Waals surface area (Å²) in [6.07, 6.45) is 2.32. The third-order valence-electron chi connectivity index (χ3n) is 7.60. The molecule has 0 unspecified atom stereocenters. The molecule has 0 saturated carbocycles. The molecule has 222 valence electrons. The van der Waals surface area contributed by atoms with Gasteiger partial charge < -0.3 is 14.2 Å². The molecule has 0 amide bonds. The Bertz CT molecular complexity index is 2090. The molecule has 0 N–H and O–H groups in total. The lowest BCUT2D eigenvalue weighted by Gasteiger charge is -2.25. The van der Waals surface area contributed by atoms with E-state index in [2.05, 4.69) is 40.2 Å². The highest BCUT2D eigenvalue weighted by Crippen LogP contribution is 2.35. The summed E-state index contributed by atoms with van der Waals surface area (Å²) in [5.74, 6) is 0.612. The molecule has 7 nitrogen and oxygen atoms in total. The van der Waals surface area contributed by atoms with Crippen molar-refractivity contribution in [3.63, 3.8) is 0 Å². The number of hydrogen-bond acceptors (Lipinski definition) is 7. The van der Waals surface area contributed by atoms with Gasteiger partial charge in [-0.15, -0.1) is 0 Å². The molecule has 0 aliphatic carbocycles. The Labute approximate surface area is 266 Å². The minimum atomic E-state index is -0.653. The number of allylic oxidation sites excluding steroid dienone is 1. The topological polar surface area (TPSA) is 79.1 Å². The predicted octanol–water partition coefficient (Wildman–Crippen LogP) is 6.30. The van der Waals surface area contributed by atoms with E-state index in [1.165, 1.54) is 18.4 Å². The van der Waals surface area contributed by atoms with Crippen LogP contribution in [0.5, 0.6) is 11.5 Å². The second kappa shape index (κ2) is 12.6. The molecule has 4 aromatic carbocycles. The summed E-state index contributed by atoms with van der Waals surface area (Å²) in [5.41, 5.74) is 3.34. The zero-order valence-electron chi connectivity index (χ0n) is 24.4. The van der Waals surface area contributed by atoms with Crippen LogP contribution in [0.25, 0.3) is 16.8 Å². The van der Waals surface area contributed by atoms with Gasteiger partial charge >= 0.3 is 5.97 Å². The molecule has 6 rings (SSSR count). The summed E-state index contributed by atoms with van der Waals surface area (Å²) in [4.78, 5) is 32.3. The third kappa shape index (κ3) is 5.49. The summed E-state index contributed by atoms with van der Waals surface area (Å²) in [6, 6.07) is 26.9. The number of carbonyl (C=O) groups excluding carboxylic acids is 1. The molecule has 0 spiro atoms. The van der Waals surface area contributed by atoms with E-state index in [0.29, 0.717) is 45.1 Å². The van der Waals surface area contributed by atoms with Gasteiger partial charge in [0.15, 0.2) is 16.3 Å². The van der Waals surface area contributed by atoms with Crippen LogP contribution in [0.4, 0.5) is 0 Å². The van der Waals surface area contributed by atoms with Crippen LogP contribution in [-0.4, -0.2) is 24.8 Å². The fraction of sp³-hybridized carbons (Fsp3) is 0.171. The Hall–Kier alpha value is -4.47. The number of thiazole rings is 1. The van der Waals surface area contributed by atoms with Crippen LogP contribution in [-0.2, 0) is 16.1 Å². The van der Waals surface area contributed by atoms with Crippen molar-refractivity contribution < 1.29 is 19.0 Å². The highest BCUT2D eigenvalue weighted by molar-refractivity contribution is 9.10. The van der Waals surface area contributed by atoms with E-state index in [4.69, 9.17) is 19.2 Å². The maximum Gasteiger partial charge on any atom is 0.338 e. The van der Waals surface area contributed by atoms with Gasteiger partial charge in [0.1, 0.15) is 6.61 Å². The van der Waals surface area contributed by atoms with E-state index in [1.54, 1.807) is 17.8 Å². The van der Waals surface area contributed by atoms with Crippen molar-refractivity contribution in [2.45, 2.75) is 26.0 Å². The molecule has 1 aliphatic heterocycles. The number of esters is 1. The number of nitrogens with zero attached hydrogens (tertiary/aromatic N) is 2. The zero-order valence-corrected chi connectivity index (χ0v) is 26.8. The van der Waals surface area contributed by atoms with Gasteiger partial charge in [-0.3, -0.25) is 9.36 Å². The average Bonchev–Trinajstić information content (AvgIpc) is 3.37. The van der Waals surface area contributed by atoms with E-state index in [9.17, 15) is 9.59 Å². The zero-order chi connectivity index (χ0) is 30.8. The van der Waals surface area contributed by atoms with Crippen LogP contribution >= 0.6 is 27.3 Å². The monoisotopic (exact) mass is 668 g/mol. The fourth-order valence-corrected chi connectivity index (χ4v) is 6.91. The van der Waals surface area contributed by atoms with Crippen molar-refractivity contribution in [3.05, 3.63) is 137 Å². The van der Waals surface area contributed by atoms with Gasteiger partial charge in [0.25, 0.3) is 5.56 Å². The Balaban J connectivity index is 1.41. The molecule has 1 atom stereocenters. The fourth-order valence-electron chi connectivity index (χ4n) is 5.46. The Morgan fingerprint density at radius 3 is 2.50 bits per heavy atom. The summed E-state index contributed by atoms with van der Waals surface area (Å²) in [7, 11) is 2.93. The quantitative estimate of drug-likeness (QED) is 0.181.